The van der Waals surface area contributed by atoms with Gasteiger partial charge in [0.25, 0.3) is 0 Å². The van der Waals surface area contributed by atoms with Crippen LogP contribution in [0.25, 0.3) is 0 Å². The van der Waals surface area contributed by atoms with E-state index in [4.69, 9.17) is 0 Å². The number of fused-ring (bicyclic) bond motifs is 1. The molecule has 0 aromatic heterocycles. The van der Waals surface area contributed by atoms with Gasteiger partial charge in [0.15, 0.2) is 0 Å². The smallest absolute Gasteiger partial charge is 0.245 e. The lowest BCUT2D eigenvalue weighted by Crippen LogP contribution is -2.55. The lowest BCUT2D eigenvalue weighted by Gasteiger charge is -2.37. The van der Waals surface area contributed by atoms with Crippen molar-refractivity contribution in [3.05, 3.63) is 12.2 Å². The predicted molar refractivity (Wildman–Crippen MR) is 113 cm³/mol. The third-order valence-electron chi connectivity index (χ3n) is 6.49. The first-order valence-electron chi connectivity index (χ1n) is 11.4. The van der Waals surface area contributed by atoms with Crippen LogP contribution in [0.5, 0.6) is 0 Å². The van der Waals surface area contributed by atoms with Crippen LogP contribution in [0.2, 0.25) is 0 Å². The number of carbonyl (C=O) groups is 4. The van der Waals surface area contributed by atoms with Crippen LogP contribution in [0.3, 0.4) is 0 Å². The molecule has 1 aliphatic carbocycles. The monoisotopic (exact) mass is 417 g/mol. The number of piperidine rings is 1. The lowest BCUT2D eigenvalue weighted by molar-refractivity contribution is -0.153. The molecule has 7 nitrogen and oxygen atoms in total. The van der Waals surface area contributed by atoms with Crippen molar-refractivity contribution in [3.8, 4) is 0 Å². The van der Waals surface area contributed by atoms with Crippen molar-refractivity contribution < 1.29 is 19.2 Å². The van der Waals surface area contributed by atoms with Gasteiger partial charge in [-0.3, -0.25) is 24.1 Å². The Morgan fingerprint density at radius 1 is 1.13 bits per heavy atom. The Morgan fingerprint density at radius 3 is 2.33 bits per heavy atom. The fourth-order valence-electron chi connectivity index (χ4n) is 4.89. The molecule has 4 atom stereocenters. The van der Waals surface area contributed by atoms with Crippen molar-refractivity contribution in [1.82, 2.24) is 15.1 Å². The van der Waals surface area contributed by atoms with Gasteiger partial charge in [-0.25, -0.2) is 0 Å². The number of rotatable bonds is 7. The number of likely N-dealkylation sites (tertiary alicyclic amines) is 2. The molecule has 3 aliphatic rings. The Morgan fingerprint density at radius 2 is 1.77 bits per heavy atom. The van der Waals surface area contributed by atoms with Gasteiger partial charge in [0.1, 0.15) is 6.04 Å². The first kappa shape index (κ1) is 22.5. The maximum atomic E-state index is 13.5. The summed E-state index contributed by atoms with van der Waals surface area (Å²) >= 11 is 0. The predicted octanol–water partition coefficient (Wildman–Crippen LogP) is 2.12. The average Bonchev–Trinajstić information content (AvgIpc) is 3.00. The van der Waals surface area contributed by atoms with E-state index in [-0.39, 0.29) is 47.3 Å². The van der Waals surface area contributed by atoms with Crippen LogP contribution in [0, 0.1) is 23.7 Å². The molecule has 0 aromatic rings. The summed E-state index contributed by atoms with van der Waals surface area (Å²) in [5.41, 5.74) is 0. The summed E-state index contributed by atoms with van der Waals surface area (Å²) in [6.45, 7) is 7.55. The van der Waals surface area contributed by atoms with E-state index in [0.29, 0.717) is 38.9 Å². The van der Waals surface area contributed by atoms with E-state index >= 15 is 0 Å². The number of hydrogen-bond acceptors (Lipinski definition) is 4. The molecule has 30 heavy (non-hydrogen) atoms. The summed E-state index contributed by atoms with van der Waals surface area (Å²) < 4.78 is 0. The highest BCUT2D eigenvalue weighted by Crippen LogP contribution is 2.37. The van der Waals surface area contributed by atoms with Gasteiger partial charge >= 0.3 is 0 Å². The minimum atomic E-state index is -0.770. The molecule has 3 rings (SSSR count). The van der Waals surface area contributed by atoms with Crippen molar-refractivity contribution >= 4 is 23.6 Å². The van der Waals surface area contributed by atoms with Crippen molar-refractivity contribution in [2.75, 3.05) is 19.6 Å². The zero-order valence-electron chi connectivity index (χ0n) is 18.4. The molecule has 0 radical (unpaired) electrons. The highest BCUT2D eigenvalue weighted by atomic mass is 16.2. The number of nitrogens with one attached hydrogen (secondary N) is 1. The van der Waals surface area contributed by atoms with E-state index in [2.05, 4.69) is 5.32 Å². The number of hydrogen-bond donors (Lipinski definition) is 1. The fraction of sp³-hybridized carbons (Fsp3) is 0.739. The number of nitrogens with zero attached hydrogens (tertiary/aromatic N) is 2. The van der Waals surface area contributed by atoms with Crippen molar-refractivity contribution in [3.63, 3.8) is 0 Å². The highest BCUT2D eigenvalue weighted by Gasteiger charge is 2.52. The third kappa shape index (κ3) is 4.60. The standard InChI is InChI=1S/C23H35N3O4/c1-4-11-24-20(27)16-8-7-12-25(14-16)23(30)19(13-15(2)3)26-21(28)17-9-5-6-10-18(17)22(26)29/h5-6,15-19H,4,7-14H2,1-3H3,(H,24,27). The normalized spacial score (nSPS) is 27.4. The van der Waals surface area contributed by atoms with E-state index < -0.39 is 6.04 Å². The van der Waals surface area contributed by atoms with Crippen LogP contribution in [-0.4, -0.2) is 59.1 Å². The van der Waals surface area contributed by atoms with Crippen LogP contribution in [-0.2, 0) is 19.2 Å². The van der Waals surface area contributed by atoms with Crippen LogP contribution in [0.1, 0.15) is 59.3 Å². The molecule has 0 bridgehead atoms. The summed E-state index contributed by atoms with van der Waals surface area (Å²) in [6.07, 6.45) is 7.88. The minimum Gasteiger partial charge on any atom is -0.356 e. The van der Waals surface area contributed by atoms with Crippen LogP contribution >= 0.6 is 0 Å². The number of carbonyl (C=O) groups excluding carboxylic acids is 4. The summed E-state index contributed by atoms with van der Waals surface area (Å²) in [4.78, 5) is 55.1. The molecule has 0 saturated carbocycles. The van der Waals surface area contributed by atoms with Gasteiger partial charge in [-0.15, -0.1) is 0 Å². The number of allylic oxidation sites excluding steroid dienone is 2. The molecule has 0 spiro atoms. The molecule has 166 valence electrons. The highest BCUT2D eigenvalue weighted by molar-refractivity contribution is 6.08. The molecule has 7 heteroatoms. The first-order chi connectivity index (χ1) is 14.3. The molecule has 2 aliphatic heterocycles. The fourth-order valence-corrected chi connectivity index (χ4v) is 4.89. The maximum Gasteiger partial charge on any atom is 0.245 e. The number of amides is 4. The summed E-state index contributed by atoms with van der Waals surface area (Å²) in [6, 6.07) is -0.770. The van der Waals surface area contributed by atoms with Crippen LogP contribution < -0.4 is 5.32 Å². The third-order valence-corrected chi connectivity index (χ3v) is 6.49. The average molecular weight is 418 g/mol. The van der Waals surface area contributed by atoms with E-state index in [1.807, 2.05) is 32.9 Å². The maximum absolute atomic E-state index is 13.5. The van der Waals surface area contributed by atoms with Gasteiger partial charge in [-0.2, -0.15) is 0 Å². The van der Waals surface area contributed by atoms with Gasteiger partial charge in [-0.1, -0.05) is 32.9 Å². The lowest BCUT2D eigenvalue weighted by atomic mass is 9.85. The second-order valence-electron chi connectivity index (χ2n) is 9.26. The van der Waals surface area contributed by atoms with Crippen molar-refractivity contribution in [1.29, 1.82) is 0 Å². The van der Waals surface area contributed by atoms with Crippen LogP contribution in [0.4, 0.5) is 0 Å². The molecule has 2 fully saturated rings. The SMILES string of the molecule is CCCNC(=O)C1CCCN(C(=O)C(CC(C)C)N2C(=O)C3CC=CCC3C2=O)C1. The van der Waals surface area contributed by atoms with Crippen molar-refractivity contribution in [2.24, 2.45) is 23.7 Å². The Hall–Kier alpha value is -2.18. The first-order valence-corrected chi connectivity index (χ1v) is 11.4. The number of imide groups is 1. The Labute approximate surface area is 179 Å². The molecule has 4 unspecified atom stereocenters. The summed E-state index contributed by atoms with van der Waals surface area (Å²) in [5.74, 6) is -1.35. The molecular weight excluding hydrogens is 382 g/mol. The molecule has 4 amide bonds. The molecule has 1 N–H and O–H groups in total. The van der Waals surface area contributed by atoms with E-state index in [0.717, 1.165) is 19.3 Å². The van der Waals surface area contributed by atoms with Crippen molar-refractivity contribution in [2.45, 2.75) is 65.3 Å². The van der Waals surface area contributed by atoms with E-state index in [9.17, 15) is 19.2 Å². The quantitative estimate of drug-likeness (QED) is 0.508. The summed E-state index contributed by atoms with van der Waals surface area (Å²) in [7, 11) is 0. The zero-order valence-corrected chi connectivity index (χ0v) is 18.4. The minimum absolute atomic E-state index is 0.0137. The van der Waals surface area contributed by atoms with Gasteiger partial charge in [-0.05, 0) is 44.4 Å². The molecular formula is C23H35N3O4. The molecule has 0 aromatic carbocycles. The Balaban J connectivity index is 1.76. The molecule has 2 heterocycles. The van der Waals surface area contributed by atoms with Gasteiger partial charge < -0.3 is 10.2 Å². The molecule has 2 saturated heterocycles. The second-order valence-corrected chi connectivity index (χ2v) is 9.26. The Bertz CT molecular complexity index is 691. The van der Waals surface area contributed by atoms with Gasteiger partial charge in [0.2, 0.25) is 23.6 Å². The van der Waals surface area contributed by atoms with E-state index in [1.54, 1.807) is 4.90 Å². The second kappa shape index (κ2) is 9.75. The largest absolute Gasteiger partial charge is 0.356 e. The van der Waals surface area contributed by atoms with Gasteiger partial charge in [0.05, 0.1) is 17.8 Å². The van der Waals surface area contributed by atoms with E-state index in [1.165, 1.54) is 4.90 Å². The Kier molecular flexibility index (Phi) is 7.32. The van der Waals surface area contributed by atoms with Gasteiger partial charge in [0, 0.05) is 19.6 Å². The topological polar surface area (TPSA) is 86.8 Å². The summed E-state index contributed by atoms with van der Waals surface area (Å²) in [5, 5.41) is 2.92. The zero-order chi connectivity index (χ0) is 21.8. The van der Waals surface area contributed by atoms with Crippen LogP contribution in [0.15, 0.2) is 12.2 Å².